The zero-order valence-electron chi connectivity index (χ0n) is 8.67. The van der Waals surface area contributed by atoms with Gasteiger partial charge in [0.15, 0.2) is 6.61 Å². The topological polar surface area (TPSA) is 46.5 Å². The zero-order chi connectivity index (χ0) is 10.3. The number of ether oxygens (including phenoxy) is 1. The van der Waals surface area contributed by atoms with Crippen molar-refractivity contribution in [2.45, 2.75) is 33.6 Å². The molecule has 0 aliphatic carbocycles. The molecule has 0 saturated heterocycles. The van der Waals surface area contributed by atoms with Gasteiger partial charge in [0.25, 0.3) is 0 Å². The molecule has 0 bridgehead atoms. The highest BCUT2D eigenvalue weighted by Gasteiger charge is 2.31. The van der Waals surface area contributed by atoms with Crippen molar-refractivity contribution in [3.05, 3.63) is 6.42 Å². The predicted molar refractivity (Wildman–Crippen MR) is 51.0 cm³/mol. The summed E-state index contributed by atoms with van der Waals surface area (Å²) in [6.07, 6.45) is 3.08. The van der Waals surface area contributed by atoms with Gasteiger partial charge < -0.3 is 9.84 Å². The Kier molecular flexibility index (Phi) is 5.55. The minimum atomic E-state index is -0.372. The minimum absolute atomic E-state index is 0.0533. The number of aliphatic hydroxyl groups excluding tert-OH is 1. The maximum atomic E-state index is 11.5. The first-order valence-electron chi connectivity index (χ1n) is 4.70. The smallest absolute Gasteiger partial charge is 0.315 e. The summed E-state index contributed by atoms with van der Waals surface area (Å²) in [6, 6.07) is 0. The molecule has 0 atom stereocenters. The first-order valence-corrected chi connectivity index (χ1v) is 4.70. The van der Waals surface area contributed by atoms with Crippen LogP contribution in [0.15, 0.2) is 0 Å². The van der Waals surface area contributed by atoms with E-state index in [0.29, 0.717) is 0 Å². The van der Waals surface area contributed by atoms with Gasteiger partial charge in [-0.1, -0.05) is 13.8 Å². The molecule has 13 heavy (non-hydrogen) atoms. The van der Waals surface area contributed by atoms with Crippen molar-refractivity contribution < 1.29 is 14.6 Å². The van der Waals surface area contributed by atoms with Crippen molar-refractivity contribution in [3.63, 3.8) is 0 Å². The Balaban J connectivity index is 3.92. The van der Waals surface area contributed by atoms with E-state index in [1.54, 1.807) is 0 Å². The Labute approximate surface area is 80.1 Å². The van der Waals surface area contributed by atoms with Crippen LogP contribution in [0, 0.1) is 11.8 Å². The summed E-state index contributed by atoms with van der Waals surface area (Å²) in [6.45, 7) is 5.99. The molecule has 0 aromatic rings. The predicted octanol–water partition coefficient (Wildman–Crippen LogP) is 1.55. The highest BCUT2D eigenvalue weighted by molar-refractivity contribution is 5.76. The first-order chi connectivity index (χ1) is 6.10. The number of carbonyl (C=O) groups excluding carboxylic acids is 1. The standard InChI is InChI=1S/C10H19O3/c1-4-10(3,5-2)9(12)13-8-6-7-11/h6,11H,4-5,7-8H2,1-3H3/q+1. The maximum absolute atomic E-state index is 11.5. The Morgan fingerprint density at radius 1 is 1.46 bits per heavy atom. The molecule has 0 saturated carbocycles. The van der Waals surface area contributed by atoms with E-state index in [2.05, 4.69) is 0 Å². The van der Waals surface area contributed by atoms with Crippen LogP contribution in [0.4, 0.5) is 0 Å². The Hall–Kier alpha value is -0.700. The maximum Gasteiger partial charge on any atom is 0.315 e. The Morgan fingerprint density at radius 3 is 2.38 bits per heavy atom. The molecule has 0 spiro atoms. The van der Waals surface area contributed by atoms with Crippen LogP contribution in [0.25, 0.3) is 0 Å². The molecule has 3 nitrogen and oxygen atoms in total. The molecule has 0 aliphatic rings. The molecule has 3 heteroatoms. The quantitative estimate of drug-likeness (QED) is 0.390. The van der Waals surface area contributed by atoms with E-state index in [1.807, 2.05) is 20.8 Å². The van der Waals surface area contributed by atoms with Crippen LogP contribution in [0.3, 0.4) is 0 Å². The van der Waals surface area contributed by atoms with E-state index >= 15 is 0 Å². The van der Waals surface area contributed by atoms with Crippen molar-refractivity contribution in [1.29, 1.82) is 0 Å². The van der Waals surface area contributed by atoms with Crippen LogP contribution in [0.5, 0.6) is 0 Å². The lowest BCUT2D eigenvalue weighted by Crippen LogP contribution is -2.29. The number of hydrogen-bond acceptors (Lipinski definition) is 3. The first kappa shape index (κ1) is 12.3. The molecule has 76 valence electrons. The van der Waals surface area contributed by atoms with E-state index in [4.69, 9.17) is 9.84 Å². The number of aliphatic hydroxyl groups is 1. The van der Waals surface area contributed by atoms with Gasteiger partial charge in [0.1, 0.15) is 6.42 Å². The molecule has 0 aromatic heterocycles. The van der Waals surface area contributed by atoms with Gasteiger partial charge >= 0.3 is 5.97 Å². The van der Waals surface area contributed by atoms with Crippen molar-refractivity contribution in [3.8, 4) is 0 Å². The van der Waals surface area contributed by atoms with Gasteiger partial charge in [-0.15, -0.1) is 0 Å². The van der Waals surface area contributed by atoms with Crippen LogP contribution in [-0.4, -0.2) is 24.3 Å². The molecular weight excluding hydrogens is 168 g/mol. The van der Waals surface area contributed by atoms with E-state index in [9.17, 15) is 4.79 Å². The van der Waals surface area contributed by atoms with Gasteiger partial charge in [-0.05, 0) is 19.8 Å². The minimum Gasteiger partial charge on any atom is -0.423 e. The van der Waals surface area contributed by atoms with Crippen LogP contribution >= 0.6 is 0 Å². The second kappa shape index (κ2) is 5.86. The highest BCUT2D eigenvalue weighted by Crippen LogP contribution is 2.26. The molecule has 0 radical (unpaired) electrons. The Morgan fingerprint density at radius 2 is 2.00 bits per heavy atom. The normalized spacial score (nSPS) is 11.1. The van der Waals surface area contributed by atoms with Crippen LogP contribution < -0.4 is 0 Å². The zero-order valence-corrected chi connectivity index (χ0v) is 8.67. The van der Waals surface area contributed by atoms with Gasteiger partial charge in [0.05, 0.1) is 5.41 Å². The molecule has 0 aliphatic heterocycles. The number of rotatable bonds is 6. The number of carbonyl (C=O) groups is 1. The molecule has 0 unspecified atom stereocenters. The largest absolute Gasteiger partial charge is 0.423 e. The van der Waals surface area contributed by atoms with Gasteiger partial charge in [-0.2, -0.15) is 0 Å². The van der Waals surface area contributed by atoms with Crippen LogP contribution in [0.2, 0.25) is 0 Å². The molecule has 0 heterocycles. The van der Waals surface area contributed by atoms with Crippen LogP contribution in [-0.2, 0) is 9.53 Å². The van der Waals surface area contributed by atoms with Crippen molar-refractivity contribution in [1.82, 2.24) is 0 Å². The summed E-state index contributed by atoms with van der Waals surface area (Å²) >= 11 is 0. The van der Waals surface area contributed by atoms with Crippen molar-refractivity contribution in [2.75, 3.05) is 13.2 Å². The summed E-state index contributed by atoms with van der Waals surface area (Å²) in [5.41, 5.74) is -0.372. The lowest BCUT2D eigenvalue weighted by atomic mass is 9.85. The van der Waals surface area contributed by atoms with Gasteiger partial charge in [-0.25, -0.2) is 0 Å². The van der Waals surface area contributed by atoms with E-state index in [1.165, 1.54) is 6.42 Å². The van der Waals surface area contributed by atoms with Gasteiger partial charge in [0, 0.05) is 0 Å². The number of hydrogen-bond donors (Lipinski definition) is 1. The summed E-state index contributed by atoms with van der Waals surface area (Å²) in [4.78, 5) is 11.5. The highest BCUT2D eigenvalue weighted by atomic mass is 16.5. The molecule has 0 aromatic carbocycles. The summed E-state index contributed by atoms with van der Waals surface area (Å²) in [5, 5.41) is 8.45. The fourth-order valence-electron chi connectivity index (χ4n) is 0.900. The van der Waals surface area contributed by atoms with Crippen molar-refractivity contribution in [2.24, 2.45) is 5.41 Å². The lowest BCUT2D eigenvalue weighted by molar-refractivity contribution is -0.154. The molecule has 0 rings (SSSR count). The molecule has 0 fully saturated rings. The van der Waals surface area contributed by atoms with E-state index in [0.717, 1.165) is 12.8 Å². The fourth-order valence-corrected chi connectivity index (χ4v) is 0.900. The average molecular weight is 187 g/mol. The average Bonchev–Trinajstić information content (AvgIpc) is 2.17. The molecular formula is C10H19O3+. The third-order valence-electron chi connectivity index (χ3n) is 2.51. The summed E-state index contributed by atoms with van der Waals surface area (Å²) in [5.74, 6) is -0.179. The van der Waals surface area contributed by atoms with E-state index < -0.39 is 0 Å². The van der Waals surface area contributed by atoms with Gasteiger partial charge in [-0.3, -0.25) is 4.79 Å². The SMILES string of the molecule is CCC(C)(CC)C(=O)OC[CH+]CO. The second-order valence-corrected chi connectivity index (χ2v) is 3.34. The second-order valence-electron chi connectivity index (χ2n) is 3.34. The monoisotopic (exact) mass is 187 g/mol. The van der Waals surface area contributed by atoms with Crippen molar-refractivity contribution >= 4 is 5.97 Å². The van der Waals surface area contributed by atoms with Gasteiger partial charge in [0.2, 0.25) is 6.61 Å². The Bertz CT molecular complexity index is 150. The summed E-state index contributed by atoms with van der Waals surface area (Å²) in [7, 11) is 0. The molecule has 0 amide bonds. The third kappa shape index (κ3) is 3.68. The van der Waals surface area contributed by atoms with Crippen LogP contribution in [0.1, 0.15) is 33.6 Å². The third-order valence-corrected chi connectivity index (χ3v) is 2.51. The lowest BCUT2D eigenvalue weighted by Gasteiger charge is -2.22. The molecule has 1 N–H and O–H groups in total. The summed E-state index contributed by atoms with van der Waals surface area (Å²) < 4.78 is 4.97. The fraction of sp³-hybridized carbons (Fsp3) is 0.800. The van der Waals surface area contributed by atoms with E-state index in [-0.39, 0.29) is 24.6 Å². The number of esters is 1.